The van der Waals surface area contributed by atoms with Crippen molar-refractivity contribution in [1.29, 1.82) is 5.26 Å². The van der Waals surface area contributed by atoms with Gasteiger partial charge in [-0.15, -0.1) is 0 Å². The first-order valence-corrected chi connectivity index (χ1v) is 14.2. The number of hydrogen-bond acceptors (Lipinski definition) is 1. The molecule has 0 spiro atoms. The van der Waals surface area contributed by atoms with Gasteiger partial charge in [-0.25, -0.2) is 0 Å². The zero-order chi connectivity index (χ0) is 22.7. The van der Waals surface area contributed by atoms with Crippen molar-refractivity contribution in [2.24, 2.45) is 17.8 Å². The second kappa shape index (κ2) is 13.4. The van der Waals surface area contributed by atoms with Crippen molar-refractivity contribution in [3.8, 4) is 6.07 Å². The van der Waals surface area contributed by atoms with Gasteiger partial charge in [0.1, 0.15) is 0 Å². The van der Waals surface area contributed by atoms with Gasteiger partial charge in [0.05, 0.1) is 11.5 Å². The summed E-state index contributed by atoms with van der Waals surface area (Å²) in [5.41, 5.74) is 2.50. The maximum Gasteiger partial charge on any atom is 0.0822 e. The Morgan fingerprint density at radius 2 is 1.34 bits per heavy atom. The SMILES string of the molecule is CCCCCCCc1ccc(C2(C#N)CCC(C3CCC(CCCCC)CC3)CC2)cc1. The smallest absolute Gasteiger partial charge is 0.0822 e. The quantitative estimate of drug-likeness (QED) is 0.300. The van der Waals surface area contributed by atoms with E-state index in [2.05, 4.69) is 44.2 Å². The minimum atomic E-state index is -0.229. The first-order chi connectivity index (χ1) is 15.7. The highest BCUT2D eigenvalue weighted by molar-refractivity contribution is 5.35. The van der Waals surface area contributed by atoms with Gasteiger partial charge >= 0.3 is 0 Å². The first-order valence-electron chi connectivity index (χ1n) is 14.2. The van der Waals surface area contributed by atoms with Crippen LogP contribution in [0, 0.1) is 29.1 Å². The van der Waals surface area contributed by atoms with Crippen LogP contribution in [0.15, 0.2) is 24.3 Å². The van der Waals surface area contributed by atoms with Gasteiger partial charge in [-0.2, -0.15) is 5.26 Å². The molecular weight excluding hydrogens is 386 g/mol. The number of hydrogen-bond donors (Lipinski definition) is 0. The van der Waals surface area contributed by atoms with Crippen LogP contribution in [0.3, 0.4) is 0 Å². The molecule has 1 aromatic rings. The molecule has 0 heterocycles. The fourth-order valence-electron chi connectivity index (χ4n) is 6.62. The van der Waals surface area contributed by atoms with Crippen LogP contribution < -0.4 is 0 Å². The van der Waals surface area contributed by atoms with Crippen LogP contribution in [0.2, 0.25) is 0 Å². The molecule has 2 fully saturated rings. The number of nitriles is 1. The van der Waals surface area contributed by atoms with E-state index in [1.165, 1.54) is 114 Å². The van der Waals surface area contributed by atoms with Gasteiger partial charge in [0, 0.05) is 0 Å². The van der Waals surface area contributed by atoms with E-state index in [0.717, 1.165) is 30.6 Å². The van der Waals surface area contributed by atoms with Crippen LogP contribution in [0.1, 0.15) is 134 Å². The van der Waals surface area contributed by atoms with E-state index in [1.54, 1.807) is 0 Å². The molecule has 1 nitrogen and oxygen atoms in total. The third kappa shape index (κ3) is 7.10. The summed E-state index contributed by atoms with van der Waals surface area (Å²) in [6.45, 7) is 4.59. The molecule has 0 saturated heterocycles. The van der Waals surface area contributed by atoms with E-state index >= 15 is 0 Å². The van der Waals surface area contributed by atoms with E-state index < -0.39 is 0 Å². The summed E-state index contributed by atoms with van der Waals surface area (Å²) >= 11 is 0. The molecule has 0 aromatic heterocycles. The molecule has 3 rings (SSSR count). The Hall–Kier alpha value is -1.29. The molecule has 2 aliphatic rings. The molecule has 0 atom stereocenters. The average molecular weight is 436 g/mol. The maximum atomic E-state index is 10.2. The Bertz CT molecular complexity index is 665. The van der Waals surface area contributed by atoms with Gasteiger partial charge < -0.3 is 0 Å². The van der Waals surface area contributed by atoms with Crippen LogP contribution >= 0.6 is 0 Å². The van der Waals surface area contributed by atoms with Crippen molar-refractivity contribution < 1.29 is 0 Å². The van der Waals surface area contributed by atoms with Gasteiger partial charge in [0.2, 0.25) is 0 Å². The minimum Gasteiger partial charge on any atom is -0.197 e. The number of nitrogens with zero attached hydrogens (tertiary/aromatic N) is 1. The summed E-state index contributed by atoms with van der Waals surface area (Å²) in [5.74, 6) is 2.81. The molecule has 0 amide bonds. The lowest BCUT2D eigenvalue weighted by molar-refractivity contribution is 0.143. The average Bonchev–Trinajstić information content (AvgIpc) is 2.85. The number of aryl methyl sites for hydroxylation is 1. The molecule has 178 valence electrons. The van der Waals surface area contributed by atoms with Gasteiger partial charge in [0.25, 0.3) is 0 Å². The minimum absolute atomic E-state index is 0.229. The van der Waals surface area contributed by atoms with Crippen molar-refractivity contribution in [3.05, 3.63) is 35.4 Å². The van der Waals surface area contributed by atoms with E-state index in [-0.39, 0.29) is 5.41 Å². The van der Waals surface area contributed by atoms with Crippen molar-refractivity contribution in [1.82, 2.24) is 0 Å². The van der Waals surface area contributed by atoms with Crippen LogP contribution in [0.4, 0.5) is 0 Å². The lowest BCUT2D eigenvalue weighted by Crippen LogP contribution is -2.33. The second-order valence-corrected chi connectivity index (χ2v) is 11.2. The maximum absolute atomic E-state index is 10.2. The van der Waals surface area contributed by atoms with E-state index in [4.69, 9.17) is 0 Å². The van der Waals surface area contributed by atoms with E-state index in [9.17, 15) is 5.26 Å². The molecule has 1 aromatic carbocycles. The normalized spacial score (nSPS) is 28.3. The molecule has 2 aliphatic carbocycles. The highest BCUT2D eigenvalue weighted by atomic mass is 14.5. The molecule has 0 unspecified atom stereocenters. The number of unbranched alkanes of at least 4 members (excludes halogenated alkanes) is 6. The fourth-order valence-corrected chi connectivity index (χ4v) is 6.62. The Kier molecular flexibility index (Phi) is 10.6. The van der Waals surface area contributed by atoms with Crippen molar-refractivity contribution in [3.63, 3.8) is 0 Å². The molecule has 0 radical (unpaired) electrons. The summed E-state index contributed by atoms with van der Waals surface area (Å²) in [6, 6.07) is 12.0. The third-order valence-corrected chi connectivity index (χ3v) is 8.95. The van der Waals surface area contributed by atoms with Gasteiger partial charge in [0.15, 0.2) is 0 Å². The predicted molar refractivity (Wildman–Crippen MR) is 138 cm³/mol. The molecule has 0 N–H and O–H groups in total. The third-order valence-electron chi connectivity index (χ3n) is 8.95. The molecule has 0 bridgehead atoms. The number of rotatable bonds is 12. The molecule has 0 aliphatic heterocycles. The van der Waals surface area contributed by atoms with Crippen LogP contribution in [-0.4, -0.2) is 0 Å². The molecule has 32 heavy (non-hydrogen) atoms. The standard InChI is InChI=1S/C31H49N/c1-3-5-7-8-10-12-27-15-19-30(20-16-27)31(25-32)23-21-29(22-24-31)28-17-13-26(14-18-28)11-9-6-4-2/h15-16,19-20,26,28-29H,3-14,17-18,21-24H2,1-2H3. The van der Waals surface area contributed by atoms with Crippen molar-refractivity contribution in [2.75, 3.05) is 0 Å². The molecular formula is C31H49N. The Morgan fingerprint density at radius 3 is 1.97 bits per heavy atom. The van der Waals surface area contributed by atoms with Gasteiger partial charge in [-0.3, -0.25) is 0 Å². The highest BCUT2D eigenvalue weighted by Crippen LogP contribution is 2.47. The Balaban J connectivity index is 1.45. The zero-order valence-electron chi connectivity index (χ0n) is 21.2. The van der Waals surface area contributed by atoms with E-state index in [0.29, 0.717) is 0 Å². The Morgan fingerprint density at radius 1 is 0.750 bits per heavy atom. The summed E-state index contributed by atoms with van der Waals surface area (Å²) in [6.07, 6.45) is 24.1. The van der Waals surface area contributed by atoms with Crippen molar-refractivity contribution in [2.45, 2.75) is 135 Å². The van der Waals surface area contributed by atoms with Crippen molar-refractivity contribution >= 4 is 0 Å². The highest BCUT2D eigenvalue weighted by Gasteiger charge is 2.39. The topological polar surface area (TPSA) is 23.8 Å². The van der Waals surface area contributed by atoms with Gasteiger partial charge in [-0.1, -0.05) is 102 Å². The molecule has 1 heteroatoms. The van der Waals surface area contributed by atoms with Crippen LogP contribution in [0.5, 0.6) is 0 Å². The largest absolute Gasteiger partial charge is 0.197 e. The second-order valence-electron chi connectivity index (χ2n) is 11.2. The molecule has 2 saturated carbocycles. The lowest BCUT2D eigenvalue weighted by Gasteiger charge is -2.41. The summed E-state index contributed by atoms with van der Waals surface area (Å²) < 4.78 is 0. The fraction of sp³-hybridized carbons (Fsp3) is 0.774. The van der Waals surface area contributed by atoms with E-state index in [1.807, 2.05) is 0 Å². The summed E-state index contributed by atoms with van der Waals surface area (Å²) in [4.78, 5) is 0. The predicted octanol–water partition coefficient (Wildman–Crippen LogP) is 9.54. The monoisotopic (exact) mass is 435 g/mol. The van der Waals surface area contributed by atoms with Gasteiger partial charge in [-0.05, 0) is 80.2 Å². The summed E-state index contributed by atoms with van der Waals surface area (Å²) in [7, 11) is 0. The number of benzene rings is 1. The summed E-state index contributed by atoms with van der Waals surface area (Å²) in [5, 5.41) is 10.2. The zero-order valence-corrected chi connectivity index (χ0v) is 21.2. The first kappa shape index (κ1) is 25.3. The van der Waals surface area contributed by atoms with Crippen LogP contribution in [-0.2, 0) is 11.8 Å². The Labute approximate surface area is 199 Å². The van der Waals surface area contributed by atoms with Crippen LogP contribution in [0.25, 0.3) is 0 Å². The lowest BCUT2D eigenvalue weighted by atomic mass is 9.62.